The van der Waals surface area contributed by atoms with E-state index in [1.807, 2.05) is 0 Å². The van der Waals surface area contributed by atoms with Crippen molar-refractivity contribution >= 4 is 40.5 Å². The summed E-state index contributed by atoms with van der Waals surface area (Å²) >= 11 is 17.9. The first-order valence-electron chi connectivity index (χ1n) is 5.05. The molecule has 1 aliphatic rings. The van der Waals surface area contributed by atoms with E-state index in [0.29, 0.717) is 15.1 Å². The molecular formula is C11H12Cl3N. The molecule has 1 fully saturated rings. The third-order valence-corrected chi connectivity index (χ3v) is 3.61. The van der Waals surface area contributed by atoms with Crippen LogP contribution < -0.4 is 5.32 Å². The second-order valence-electron chi connectivity index (χ2n) is 3.92. The molecule has 0 aromatic heterocycles. The molecule has 0 amide bonds. The Morgan fingerprint density at radius 1 is 1.13 bits per heavy atom. The van der Waals surface area contributed by atoms with Gasteiger partial charge in [-0.3, -0.25) is 0 Å². The van der Waals surface area contributed by atoms with Crippen LogP contribution in [0.5, 0.6) is 0 Å². The monoisotopic (exact) mass is 263 g/mol. The molecule has 0 spiro atoms. The van der Waals surface area contributed by atoms with Gasteiger partial charge in [-0.2, -0.15) is 0 Å². The highest BCUT2D eigenvalue weighted by molar-refractivity contribution is 6.41. The Labute approximate surface area is 105 Å². The number of rotatable bonds is 3. The highest BCUT2D eigenvalue weighted by atomic mass is 35.5. The topological polar surface area (TPSA) is 12.0 Å². The van der Waals surface area contributed by atoms with Crippen molar-refractivity contribution in [2.45, 2.75) is 19.3 Å². The zero-order valence-corrected chi connectivity index (χ0v) is 10.5. The number of halogens is 3. The van der Waals surface area contributed by atoms with Crippen LogP contribution in [-0.2, 0) is 0 Å². The number of hydrogen-bond donors (Lipinski definition) is 1. The third-order valence-electron chi connectivity index (χ3n) is 2.80. The molecule has 0 unspecified atom stereocenters. The van der Waals surface area contributed by atoms with E-state index in [4.69, 9.17) is 34.8 Å². The van der Waals surface area contributed by atoms with E-state index in [1.165, 1.54) is 19.3 Å². The van der Waals surface area contributed by atoms with Gasteiger partial charge in [-0.05, 0) is 30.9 Å². The maximum atomic E-state index is 6.05. The number of hydrogen-bond acceptors (Lipinski definition) is 1. The summed E-state index contributed by atoms with van der Waals surface area (Å²) < 4.78 is 0. The molecule has 0 saturated heterocycles. The van der Waals surface area contributed by atoms with Crippen molar-refractivity contribution in [1.29, 1.82) is 0 Å². The summed E-state index contributed by atoms with van der Waals surface area (Å²) in [4.78, 5) is 0. The molecule has 1 aliphatic carbocycles. The van der Waals surface area contributed by atoms with Crippen LogP contribution in [0.15, 0.2) is 12.1 Å². The normalized spacial score (nSPS) is 16.2. The van der Waals surface area contributed by atoms with Crippen LogP contribution in [-0.4, -0.2) is 6.54 Å². The number of benzene rings is 1. The van der Waals surface area contributed by atoms with Gasteiger partial charge in [0.2, 0.25) is 0 Å². The lowest BCUT2D eigenvalue weighted by Crippen LogP contribution is -2.21. The molecule has 0 aliphatic heterocycles. The Morgan fingerprint density at radius 2 is 1.73 bits per heavy atom. The molecule has 1 aromatic rings. The maximum Gasteiger partial charge on any atom is 0.0720 e. The molecule has 1 saturated carbocycles. The van der Waals surface area contributed by atoms with Gasteiger partial charge in [0.1, 0.15) is 0 Å². The van der Waals surface area contributed by atoms with Crippen LogP contribution in [0.1, 0.15) is 19.3 Å². The van der Waals surface area contributed by atoms with Gasteiger partial charge in [0.15, 0.2) is 0 Å². The molecule has 1 N–H and O–H groups in total. The highest BCUT2D eigenvalue weighted by Crippen LogP contribution is 2.35. The molecule has 0 radical (unpaired) electrons. The van der Waals surface area contributed by atoms with Crippen LogP contribution in [0.2, 0.25) is 15.1 Å². The molecule has 15 heavy (non-hydrogen) atoms. The van der Waals surface area contributed by atoms with Gasteiger partial charge in [-0.25, -0.2) is 0 Å². The van der Waals surface area contributed by atoms with E-state index in [0.717, 1.165) is 18.2 Å². The lowest BCUT2D eigenvalue weighted by atomic mass is 9.85. The summed E-state index contributed by atoms with van der Waals surface area (Å²) in [6.45, 7) is 0.946. The van der Waals surface area contributed by atoms with Gasteiger partial charge in [0.05, 0.1) is 15.7 Å². The lowest BCUT2D eigenvalue weighted by Gasteiger charge is -2.26. The Kier molecular flexibility index (Phi) is 3.65. The van der Waals surface area contributed by atoms with Crippen LogP contribution in [0, 0.1) is 5.92 Å². The minimum atomic E-state index is 0.569. The Balaban J connectivity index is 2.05. The first-order chi connectivity index (χ1) is 7.16. The van der Waals surface area contributed by atoms with Crippen molar-refractivity contribution in [2.75, 3.05) is 11.9 Å². The summed E-state index contributed by atoms with van der Waals surface area (Å²) in [5.74, 6) is 0.771. The SMILES string of the molecule is Clc1cc(Cl)c(NCC2CCC2)c(Cl)c1. The Bertz CT molecular complexity index is 338. The quantitative estimate of drug-likeness (QED) is 0.822. The minimum Gasteiger partial charge on any atom is -0.382 e. The zero-order valence-electron chi connectivity index (χ0n) is 8.19. The maximum absolute atomic E-state index is 6.05. The van der Waals surface area contributed by atoms with Crippen LogP contribution in [0.25, 0.3) is 0 Å². The Morgan fingerprint density at radius 3 is 2.20 bits per heavy atom. The van der Waals surface area contributed by atoms with E-state index in [2.05, 4.69) is 5.32 Å². The van der Waals surface area contributed by atoms with E-state index in [9.17, 15) is 0 Å². The summed E-state index contributed by atoms with van der Waals surface area (Å²) in [5, 5.41) is 5.04. The van der Waals surface area contributed by atoms with Gasteiger partial charge in [0, 0.05) is 11.6 Å². The van der Waals surface area contributed by atoms with E-state index < -0.39 is 0 Å². The van der Waals surface area contributed by atoms with Crippen LogP contribution >= 0.6 is 34.8 Å². The summed E-state index contributed by atoms with van der Waals surface area (Å²) in [6.07, 6.45) is 3.94. The first-order valence-corrected chi connectivity index (χ1v) is 6.18. The first kappa shape index (κ1) is 11.4. The van der Waals surface area contributed by atoms with Crippen molar-refractivity contribution < 1.29 is 0 Å². The van der Waals surface area contributed by atoms with E-state index in [-0.39, 0.29) is 0 Å². The summed E-state index contributed by atoms with van der Waals surface area (Å²) in [6, 6.07) is 3.41. The summed E-state index contributed by atoms with van der Waals surface area (Å²) in [5.41, 5.74) is 0.801. The summed E-state index contributed by atoms with van der Waals surface area (Å²) in [7, 11) is 0. The van der Waals surface area contributed by atoms with Gasteiger partial charge >= 0.3 is 0 Å². The molecule has 82 valence electrons. The molecule has 2 rings (SSSR count). The average molecular weight is 265 g/mol. The van der Waals surface area contributed by atoms with Crippen molar-refractivity contribution in [3.05, 3.63) is 27.2 Å². The van der Waals surface area contributed by atoms with Gasteiger partial charge in [-0.15, -0.1) is 0 Å². The number of anilines is 1. The van der Waals surface area contributed by atoms with Gasteiger partial charge < -0.3 is 5.32 Å². The van der Waals surface area contributed by atoms with Crippen LogP contribution in [0.4, 0.5) is 5.69 Å². The van der Waals surface area contributed by atoms with Crippen molar-refractivity contribution in [1.82, 2.24) is 0 Å². The largest absolute Gasteiger partial charge is 0.382 e. The molecule has 4 heteroatoms. The Hall–Kier alpha value is -0.110. The third kappa shape index (κ3) is 2.72. The second kappa shape index (κ2) is 4.82. The molecule has 1 nitrogen and oxygen atoms in total. The predicted octanol–water partition coefficient (Wildman–Crippen LogP) is 4.86. The average Bonchev–Trinajstić information content (AvgIpc) is 2.06. The standard InChI is InChI=1S/C11H12Cl3N/c12-8-4-9(13)11(10(14)5-8)15-6-7-2-1-3-7/h4-5,7,15H,1-3,6H2. The molecule has 0 atom stereocenters. The van der Waals surface area contributed by atoms with Crippen molar-refractivity contribution in [2.24, 2.45) is 5.92 Å². The van der Waals surface area contributed by atoms with Crippen LogP contribution in [0.3, 0.4) is 0 Å². The lowest BCUT2D eigenvalue weighted by molar-refractivity contribution is 0.333. The smallest absolute Gasteiger partial charge is 0.0720 e. The molecule has 0 bridgehead atoms. The van der Waals surface area contributed by atoms with E-state index in [1.54, 1.807) is 12.1 Å². The van der Waals surface area contributed by atoms with Crippen molar-refractivity contribution in [3.63, 3.8) is 0 Å². The highest BCUT2D eigenvalue weighted by Gasteiger charge is 2.18. The van der Waals surface area contributed by atoms with E-state index >= 15 is 0 Å². The fraction of sp³-hybridized carbons (Fsp3) is 0.455. The minimum absolute atomic E-state index is 0.569. The van der Waals surface area contributed by atoms with Crippen molar-refractivity contribution in [3.8, 4) is 0 Å². The fourth-order valence-electron chi connectivity index (χ4n) is 1.65. The van der Waals surface area contributed by atoms with Gasteiger partial charge in [0.25, 0.3) is 0 Å². The second-order valence-corrected chi connectivity index (χ2v) is 5.17. The molecular weight excluding hydrogens is 252 g/mol. The molecule has 1 aromatic carbocycles. The predicted molar refractivity (Wildman–Crippen MR) is 67.3 cm³/mol. The molecule has 0 heterocycles. The fourth-order valence-corrected chi connectivity index (χ4v) is 2.61. The zero-order chi connectivity index (χ0) is 10.8. The number of nitrogens with one attached hydrogen (secondary N) is 1. The van der Waals surface area contributed by atoms with Gasteiger partial charge in [-0.1, -0.05) is 41.2 Å².